The summed E-state index contributed by atoms with van der Waals surface area (Å²) >= 11 is 0. The second-order valence-corrected chi connectivity index (χ2v) is 7.60. The van der Waals surface area contributed by atoms with Crippen LogP contribution in [0.25, 0.3) is 0 Å². The smallest absolute Gasteiger partial charge is 0.251 e. The van der Waals surface area contributed by atoms with Crippen LogP contribution in [0.3, 0.4) is 0 Å². The molecule has 0 spiro atoms. The summed E-state index contributed by atoms with van der Waals surface area (Å²) in [6.07, 6.45) is 2.14. The zero-order chi connectivity index (χ0) is 20.8. The first-order valence-electron chi connectivity index (χ1n) is 10.0. The lowest BCUT2D eigenvalue weighted by Gasteiger charge is -2.14. The molecule has 1 heterocycles. The van der Waals surface area contributed by atoms with Crippen LogP contribution in [-0.2, 0) is 9.53 Å². The van der Waals surface area contributed by atoms with Crippen molar-refractivity contribution in [1.29, 1.82) is 0 Å². The highest BCUT2D eigenvalue weighted by Gasteiger charge is 2.17. The summed E-state index contributed by atoms with van der Waals surface area (Å²) in [5, 5.41) is 8.97. The zero-order valence-corrected chi connectivity index (χ0v) is 17.3. The maximum atomic E-state index is 12.4. The molecular weight excluding hydrogens is 366 g/mol. The van der Waals surface area contributed by atoms with Gasteiger partial charge in [-0.1, -0.05) is 23.8 Å². The number of carbonyl (C=O) groups excluding carboxylic acids is 2. The van der Waals surface area contributed by atoms with Gasteiger partial charge < -0.3 is 20.7 Å². The number of carbonyl (C=O) groups is 2. The molecule has 1 fully saturated rings. The van der Waals surface area contributed by atoms with Gasteiger partial charge in [0.25, 0.3) is 5.91 Å². The van der Waals surface area contributed by atoms with Crippen LogP contribution in [0.1, 0.15) is 39.9 Å². The predicted octanol–water partition coefficient (Wildman–Crippen LogP) is 3.57. The molecule has 6 nitrogen and oxygen atoms in total. The van der Waals surface area contributed by atoms with Gasteiger partial charge in [-0.25, -0.2) is 0 Å². The summed E-state index contributed by atoms with van der Waals surface area (Å²) < 4.78 is 5.53. The molecule has 2 aromatic rings. The van der Waals surface area contributed by atoms with Crippen molar-refractivity contribution < 1.29 is 14.3 Å². The van der Waals surface area contributed by atoms with E-state index in [9.17, 15) is 9.59 Å². The van der Waals surface area contributed by atoms with Gasteiger partial charge in [0, 0.05) is 30.1 Å². The SMILES string of the molecule is Cc1cc(C)c(NC(=O)CNc2cccc(C(=O)NCC3CCCO3)c2)c(C)c1. The van der Waals surface area contributed by atoms with E-state index < -0.39 is 0 Å². The van der Waals surface area contributed by atoms with Gasteiger partial charge in [0.15, 0.2) is 0 Å². The fourth-order valence-corrected chi connectivity index (χ4v) is 3.63. The number of aryl methyl sites for hydroxylation is 3. The van der Waals surface area contributed by atoms with E-state index in [1.165, 1.54) is 5.56 Å². The third kappa shape index (κ3) is 5.81. The first-order chi connectivity index (χ1) is 13.9. The van der Waals surface area contributed by atoms with Crippen LogP contribution in [0.15, 0.2) is 36.4 Å². The van der Waals surface area contributed by atoms with Gasteiger partial charge >= 0.3 is 0 Å². The van der Waals surface area contributed by atoms with Crippen LogP contribution in [0.2, 0.25) is 0 Å². The van der Waals surface area contributed by atoms with Crippen LogP contribution >= 0.6 is 0 Å². The Hall–Kier alpha value is -2.86. The lowest BCUT2D eigenvalue weighted by molar-refractivity contribution is -0.114. The Morgan fingerprint density at radius 1 is 1.10 bits per heavy atom. The van der Waals surface area contributed by atoms with E-state index in [1.807, 2.05) is 26.8 Å². The third-order valence-corrected chi connectivity index (χ3v) is 5.03. The van der Waals surface area contributed by atoms with E-state index in [1.54, 1.807) is 18.2 Å². The largest absolute Gasteiger partial charge is 0.376 e. The minimum Gasteiger partial charge on any atom is -0.376 e. The van der Waals surface area contributed by atoms with Gasteiger partial charge in [-0.3, -0.25) is 9.59 Å². The summed E-state index contributed by atoms with van der Waals surface area (Å²) in [6, 6.07) is 11.3. The summed E-state index contributed by atoms with van der Waals surface area (Å²) in [6.45, 7) is 7.42. The normalized spacial score (nSPS) is 15.8. The Balaban J connectivity index is 1.53. The lowest BCUT2D eigenvalue weighted by Crippen LogP contribution is -2.31. The van der Waals surface area contributed by atoms with E-state index in [0.717, 1.165) is 42.0 Å². The Bertz CT molecular complexity index is 866. The Kier molecular flexibility index (Phi) is 6.88. The van der Waals surface area contributed by atoms with Crippen LogP contribution in [0.4, 0.5) is 11.4 Å². The van der Waals surface area contributed by atoms with Gasteiger partial charge in [0.1, 0.15) is 0 Å². The topological polar surface area (TPSA) is 79.5 Å². The quantitative estimate of drug-likeness (QED) is 0.670. The second kappa shape index (κ2) is 9.56. The summed E-state index contributed by atoms with van der Waals surface area (Å²) in [5.41, 5.74) is 5.39. The van der Waals surface area contributed by atoms with Gasteiger partial charge in [0.05, 0.1) is 12.6 Å². The number of rotatable bonds is 7. The minimum absolute atomic E-state index is 0.109. The standard InChI is InChI=1S/C23H29N3O3/c1-15-10-16(2)22(17(3)11-15)26-21(27)14-24-19-7-4-6-18(12-19)23(28)25-13-20-8-5-9-29-20/h4,6-7,10-12,20,24H,5,8-9,13-14H2,1-3H3,(H,25,28)(H,26,27). The van der Waals surface area contributed by atoms with Crippen molar-refractivity contribution in [2.24, 2.45) is 0 Å². The molecule has 6 heteroatoms. The molecule has 0 aliphatic carbocycles. The van der Waals surface area contributed by atoms with E-state index >= 15 is 0 Å². The van der Waals surface area contributed by atoms with Crippen molar-refractivity contribution in [2.75, 3.05) is 30.3 Å². The molecule has 29 heavy (non-hydrogen) atoms. The number of amides is 2. The molecular formula is C23H29N3O3. The lowest BCUT2D eigenvalue weighted by atomic mass is 10.1. The number of anilines is 2. The Morgan fingerprint density at radius 3 is 2.55 bits per heavy atom. The molecule has 0 radical (unpaired) electrons. The van der Waals surface area contributed by atoms with Crippen molar-refractivity contribution in [2.45, 2.75) is 39.7 Å². The molecule has 0 aromatic heterocycles. The highest BCUT2D eigenvalue weighted by Crippen LogP contribution is 2.22. The van der Waals surface area contributed by atoms with Gasteiger partial charge in [-0.15, -0.1) is 0 Å². The number of hydrogen-bond acceptors (Lipinski definition) is 4. The Morgan fingerprint density at radius 2 is 1.86 bits per heavy atom. The van der Waals surface area contributed by atoms with Crippen molar-refractivity contribution in [1.82, 2.24) is 5.32 Å². The molecule has 1 atom stereocenters. The molecule has 2 aromatic carbocycles. The minimum atomic E-state index is -0.139. The number of ether oxygens (including phenoxy) is 1. The van der Waals surface area contributed by atoms with E-state index in [2.05, 4.69) is 28.1 Å². The maximum Gasteiger partial charge on any atom is 0.251 e. The second-order valence-electron chi connectivity index (χ2n) is 7.60. The molecule has 3 N–H and O–H groups in total. The van der Waals surface area contributed by atoms with E-state index in [-0.39, 0.29) is 24.5 Å². The number of benzene rings is 2. The fourth-order valence-electron chi connectivity index (χ4n) is 3.63. The average molecular weight is 396 g/mol. The summed E-state index contributed by atoms with van der Waals surface area (Å²) in [7, 11) is 0. The van der Waals surface area contributed by atoms with Crippen molar-refractivity contribution in [3.8, 4) is 0 Å². The van der Waals surface area contributed by atoms with Gasteiger partial charge in [0.2, 0.25) is 5.91 Å². The highest BCUT2D eigenvalue weighted by atomic mass is 16.5. The molecule has 1 aliphatic rings. The number of hydrogen-bond donors (Lipinski definition) is 3. The molecule has 0 saturated carbocycles. The van der Waals surface area contributed by atoms with Crippen molar-refractivity contribution in [3.63, 3.8) is 0 Å². The highest BCUT2D eigenvalue weighted by molar-refractivity contribution is 5.96. The Labute approximate surface area is 172 Å². The molecule has 154 valence electrons. The van der Waals surface area contributed by atoms with Crippen LogP contribution in [-0.4, -0.2) is 37.6 Å². The third-order valence-electron chi connectivity index (χ3n) is 5.03. The van der Waals surface area contributed by atoms with Gasteiger partial charge in [-0.05, 0) is 62.9 Å². The first-order valence-corrected chi connectivity index (χ1v) is 10.0. The molecule has 3 rings (SSSR count). The van der Waals surface area contributed by atoms with Gasteiger partial charge in [-0.2, -0.15) is 0 Å². The molecule has 2 amide bonds. The summed E-state index contributed by atoms with van der Waals surface area (Å²) in [4.78, 5) is 24.7. The summed E-state index contributed by atoms with van der Waals surface area (Å²) in [5.74, 6) is -0.271. The molecule has 1 saturated heterocycles. The zero-order valence-electron chi connectivity index (χ0n) is 17.3. The molecule has 1 aliphatic heterocycles. The monoisotopic (exact) mass is 395 g/mol. The number of nitrogens with one attached hydrogen (secondary N) is 3. The van der Waals surface area contributed by atoms with Crippen molar-refractivity contribution in [3.05, 3.63) is 58.7 Å². The van der Waals surface area contributed by atoms with Crippen LogP contribution in [0.5, 0.6) is 0 Å². The predicted molar refractivity (Wildman–Crippen MR) is 116 cm³/mol. The van der Waals surface area contributed by atoms with Crippen LogP contribution < -0.4 is 16.0 Å². The first kappa shape index (κ1) is 20.9. The fraction of sp³-hybridized carbons (Fsp3) is 0.391. The van der Waals surface area contributed by atoms with Crippen molar-refractivity contribution >= 4 is 23.2 Å². The molecule has 1 unspecified atom stereocenters. The van der Waals surface area contributed by atoms with Crippen LogP contribution in [0, 0.1) is 20.8 Å². The maximum absolute atomic E-state index is 12.4. The molecule has 0 bridgehead atoms. The van der Waals surface area contributed by atoms with E-state index in [4.69, 9.17) is 4.74 Å². The average Bonchev–Trinajstić information content (AvgIpc) is 3.21. The van der Waals surface area contributed by atoms with E-state index in [0.29, 0.717) is 12.1 Å².